The molecule has 1 aliphatic heterocycles. The van der Waals surface area contributed by atoms with Gasteiger partial charge >= 0.3 is 23.9 Å². The number of thioether (sulfide) groups is 2. The molecule has 1 atom stereocenters. The van der Waals surface area contributed by atoms with Crippen LogP contribution in [-0.4, -0.2) is 172 Å². The third kappa shape index (κ3) is 21.0. The average molecular weight is 731 g/mol. The van der Waals surface area contributed by atoms with Crippen molar-refractivity contribution in [3.8, 4) is 0 Å². The van der Waals surface area contributed by atoms with Crippen molar-refractivity contribution in [3.63, 3.8) is 0 Å². The number of carbonyl (C=O) groups is 5. The van der Waals surface area contributed by atoms with Crippen LogP contribution in [0.2, 0.25) is 0 Å². The molecule has 0 aromatic heterocycles. The van der Waals surface area contributed by atoms with Gasteiger partial charge in [-0.15, -0.1) is 0 Å². The molecule has 15 nitrogen and oxygen atoms in total. The van der Waals surface area contributed by atoms with Gasteiger partial charge in [0, 0.05) is 81.9 Å². The van der Waals surface area contributed by atoms with E-state index >= 15 is 0 Å². The summed E-state index contributed by atoms with van der Waals surface area (Å²) in [5.74, 6) is -1.79. The zero-order chi connectivity index (χ0) is 36.8. The lowest BCUT2D eigenvalue weighted by Gasteiger charge is -2.32. The van der Waals surface area contributed by atoms with Crippen LogP contribution in [-0.2, 0) is 35.5 Å². The number of carboxylic acids is 4. The van der Waals surface area contributed by atoms with Crippen LogP contribution < -0.4 is 11.1 Å². The highest BCUT2D eigenvalue weighted by atomic mass is 32.2. The SMILES string of the molecule is CC.Cc1cc(CSCCNC(=O)CN2CCN(CC(=O)O)CCN(CC(=O)O)CCN(CC(=O)O)CC2)cc(CSCC(N)C(=O)O)c1. The van der Waals surface area contributed by atoms with E-state index in [-0.39, 0.29) is 32.1 Å². The maximum absolute atomic E-state index is 12.9. The average Bonchev–Trinajstić information content (AvgIpc) is 3.02. The van der Waals surface area contributed by atoms with Gasteiger partial charge in [0.15, 0.2) is 0 Å². The highest BCUT2D eigenvalue weighted by molar-refractivity contribution is 7.98. The molecular weight excluding hydrogens is 677 g/mol. The molecule has 0 bridgehead atoms. The molecule has 0 radical (unpaired) electrons. The summed E-state index contributed by atoms with van der Waals surface area (Å²) < 4.78 is 0. The third-order valence-corrected chi connectivity index (χ3v) is 9.45. The Bertz CT molecular complexity index is 1160. The van der Waals surface area contributed by atoms with Gasteiger partial charge in [0.2, 0.25) is 5.91 Å². The van der Waals surface area contributed by atoms with Crippen molar-refractivity contribution >= 4 is 53.3 Å². The van der Waals surface area contributed by atoms with Crippen molar-refractivity contribution in [2.24, 2.45) is 5.73 Å². The van der Waals surface area contributed by atoms with Crippen LogP contribution in [0.3, 0.4) is 0 Å². The second-order valence-corrected chi connectivity index (χ2v) is 13.6. The first-order chi connectivity index (χ1) is 23.3. The van der Waals surface area contributed by atoms with E-state index in [4.69, 9.17) is 10.8 Å². The lowest BCUT2D eigenvalue weighted by Crippen LogP contribution is -2.49. The number of carbonyl (C=O) groups excluding carboxylic acids is 1. The Morgan fingerprint density at radius 3 is 1.47 bits per heavy atom. The summed E-state index contributed by atoms with van der Waals surface area (Å²) in [7, 11) is 0. The summed E-state index contributed by atoms with van der Waals surface area (Å²) in [6.45, 7) is 8.57. The van der Waals surface area contributed by atoms with Gasteiger partial charge in [0.05, 0.1) is 26.2 Å². The first-order valence-electron chi connectivity index (χ1n) is 16.4. The van der Waals surface area contributed by atoms with Gasteiger partial charge < -0.3 is 31.5 Å². The number of nitrogens with zero attached hydrogens (tertiary/aromatic N) is 4. The number of amides is 1. The van der Waals surface area contributed by atoms with E-state index in [1.54, 1.807) is 26.5 Å². The van der Waals surface area contributed by atoms with Gasteiger partial charge in [0.25, 0.3) is 0 Å². The molecule has 1 aromatic rings. The molecule has 1 aliphatic rings. The van der Waals surface area contributed by atoms with Gasteiger partial charge in [-0.2, -0.15) is 23.5 Å². The van der Waals surface area contributed by atoms with Crippen LogP contribution in [0.5, 0.6) is 0 Å². The standard InChI is InChI=1S/C30H48N6O9S2.C2H6/c1-22-12-23(14-24(13-22)20-47-21-25(31)30(44)45)19-46-11-2-32-26(37)15-33-3-5-34(16-27(38)39)7-9-36(18-29(42)43)10-8-35(6-4-33)17-28(40)41;1-2/h12-14,25H,2-11,15-21,31H2,1H3,(H,32,37)(H,38,39)(H,40,41)(H,42,43)(H,44,45);1-2H3. The maximum atomic E-state index is 12.9. The minimum atomic E-state index is -1.02. The van der Waals surface area contributed by atoms with Gasteiger partial charge in [-0.1, -0.05) is 37.6 Å². The van der Waals surface area contributed by atoms with Gasteiger partial charge in [-0.25, -0.2) is 0 Å². The zero-order valence-corrected chi connectivity index (χ0v) is 30.5. The quantitative estimate of drug-likeness (QED) is 0.113. The molecule has 1 fully saturated rings. The fourth-order valence-corrected chi connectivity index (χ4v) is 6.70. The van der Waals surface area contributed by atoms with E-state index in [1.165, 1.54) is 11.8 Å². The molecule has 1 unspecified atom stereocenters. The topological polar surface area (TPSA) is 217 Å². The maximum Gasteiger partial charge on any atom is 0.321 e. The summed E-state index contributed by atoms with van der Waals surface area (Å²) in [6.07, 6.45) is 0. The molecule has 1 saturated heterocycles. The van der Waals surface area contributed by atoms with E-state index in [1.807, 2.05) is 25.7 Å². The molecule has 17 heteroatoms. The number of benzene rings is 1. The molecule has 7 N–H and O–H groups in total. The van der Waals surface area contributed by atoms with Crippen LogP contribution in [0.1, 0.15) is 30.5 Å². The molecule has 0 aliphatic carbocycles. The summed E-state index contributed by atoms with van der Waals surface area (Å²) in [4.78, 5) is 65.1. The molecule has 0 saturated carbocycles. The monoisotopic (exact) mass is 730 g/mol. The van der Waals surface area contributed by atoms with Crippen LogP contribution in [0.4, 0.5) is 0 Å². The molecular formula is C32H54N6O9S2. The Labute approximate surface area is 297 Å². The van der Waals surface area contributed by atoms with E-state index < -0.39 is 29.9 Å². The fourth-order valence-electron chi connectivity index (χ4n) is 4.99. The lowest BCUT2D eigenvalue weighted by atomic mass is 10.1. The number of carboxylic acid groups (broad SMARTS) is 4. The van der Waals surface area contributed by atoms with Gasteiger partial charge in [0.1, 0.15) is 6.04 Å². The minimum absolute atomic E-state index is 0.0715. The van der Waals surface area contributed by atoms with Crippen LogP contribution in [0.25, 0.3) is 0 Å². The van der Waals surface area contributed by atoms with Gasteiger partial charge in [-0.05, 0) is 18.1 Å². The van der Waals surface area contributed by atoms with Gasteiger partial charge in [-0.3, -0.25) is 43.6 Å². The van der Waals surface area contributed by atoms with Crippen molar-refractivity contribution in [3.05, 3.63) is 34.9 Å². The predicted octanol–water partition coefficient (Wildman–Crippen LogP) is 0.491. The van der Waals surface area contributed by atoms with E-state index in [0.29, 0.717) is 76.2 Å². The number of aryl methyl sites for hydroxylation is 1. The second kappa shape index (κ2) is 25.1. The number of rotatable bonds is 18. The number of hydrogen-bond donors (Lipinski definition) is 6. The summed E-state index contributed by atoms with van der Waals surface area (Å²) in [5, 5.41) is 40.0. The molecule has 278 valence electrons. The van der Waals surface area contributed by atoms with Crippen LogP contribution in [0.15, 0.2) is 18.2 Å². The van der Waals surface area contributed by atoms with Crippen molar-refractivity contribution in [2.75, 3.05) is 96.6 Å². The number of hydrogen-bond acceptors (Lipinski definition) is 12. The first kappa shape index (κ1) is 44.1. The molecule has 0 spiro atoms. The Morgan fingerprint density at radius 1 is 0.694 bits per heavy atom. The third-order valence-electron chi connectivity index (χ3n) is 7.29. The second-order valence-electron chi connectivity index (χ2n) is 11.5. The number of nitrogens with two attached hydrogens (primary N) is 1. The van der Waals surface area contributed by atoms with Crippen molar-refractivity contribution in [2.45, 2.75) is 38.3 Å². The Kier molecular flexibility index (Phi) is 22.6. The highest BCUT2D eigenvalue weighted by Crippen LogP contribution is 2.20. The molecule has 1 amide bonds. The molecule has 2 rings (SSSR count). The van der Waals surface area contributed by atoms with E-state index in [0.717, 1.165) is 22.4 Å². The molecule has 1 heterocycles. The predicted molar refractivity (Wildman–Crippen MR) is 192 cm³/mol. The fraction of sp³-hybridized carbons (Fsp3) is 0.656. The van der Waals surface area contributed by atoms with Crippen molar-refractivity contribution in [1.29, 1.82) is 0 Å². The summed E-state index contributed by atoms with van der Waals surface area (Å²) in [5.41, 5.74) is 8.94. The van der Waals surface area contributed by atoms with Crippen LogP contribution >= 0.6 is 23.5 Å². The largest absolute Gasteiger partial charge is 0.480 e. The smallest absolute Gasteiger partial charge is 0.321 e. The zero-order valence-electron chi connectivity index (χ0n) is 28.8. The van der Waals surface area contributed by atoms with Crippen molar-refractivity contribution < 1.29 is 44.4 Å². The normalized spacial score (nSPS) is 16.3. The Morgan fingerprint density at radius 2 is 1.08 bits per heavy atom. The van der Waals surface area contributed by atoms with Crippen LogP contribution in [0, 0.1) is 6.92 Å². The highest BCUT2D eigenvalue weighted by Gasteiger charge is 2.21. The summed E-state index contributed by atoms with van der Waals surface area (Å²) >= 11 is 3.16. The number of aliphatic carboxylic acids is 4. The van der Waals surface area contributed by atoms with E-state index in [2.05, 4.69) is 23.5 Å². The Hall–Kier alpha value is -2.93. The molecule has 49 heavy (non-hydrogen) atoms. The first-order valence-corrected chi connectivity index (χ1v) is 18.7. The summed E-state index contributed by atoms with van der Waals surface area (Å²) in [6, 6.07) is 5.38. The lowest BCUT2D eigenvalue weighted by molar-refractivity contribution is -0.140. The Balaban J connectivity index is 0.00000589. The van der Waals surface area contributed by atoms with E-state index in [9.17, 15) is 39.3 Å². The molecule has 1 aromatic carbocycles. The number of nitrogens with one attached hydrogen (secondary N) is 1. The minimum Gasteiger partial charge on any atom is -0.480 e. The van der Waals surface area contributed by atoms with Crippen molar-refractivity contribution in [1.82, 2.24) is 24.9 Å².